The second-order valence-electron chi connectivity index (χ2n) is 6.00. The molecule has 0 aliphatic carbocycles. The molecule has 1 aromatic heterocycles. The van der Waals surface area contributed by atoms with Gasteiger partial charge in [-0.2, -0.15) is 5.26 Å². The summed E-state index contributed by atoms with van der Waals surface area (Å²) in [6, 6.07) is 9.73. The second-order valence-corrected chi connectivity index (χ2v) is 6.00. The molecule has 1 fully saturated rings. The zero-order valence-corrected chi connectivity index (χ0v) is 14.3. The van der Waals surface area contributed by atoms with Crippen molar-refractivity contribution in [3.63, 3.8) is 0 Å². The molecule has 0 bridgehead atoms. The predicted octanol–water partition coefficient (Wildman–Crippen LogP) is 2.35. The quantitative estimate of drug-likeness (QED) is 0.842. The van der Waals surface area contributed by atoms with E-state index >= 15 is 0 Å². The number of benzene rings is 1. The minimum absolute atomic E-state index is 0.0667. The van der Waals surface area contributed by atoms with Gasteiger partial charge in [0.25, 0.3) is 0 Å². The first-order valence-electron chi connectivity index (χ1n) is 8.24. The van der Waals surface area contributed by atoms with Crippen LogP contribution in [0.2, 0.25) is 0 Å². The number of carbonyl (C=O) groups excluding carboxylic acids is 1. The molecule has 0 radical (unpaired) electrons. The van der Waals surface area contributed by atoms with Gasteiger partial charge in [0.2, 0.25) is 0 Å². The van der Waals surface area contributed by atoms with Gasteiger partial charge in [-0.25, -0.2) is 9.18 Å². The normalized spacial score (nSPS) is 16.7. The number of hydrogen-bond acceptors (Lipinski definition) is 7. The Balaban J connectivity index is 1.67. The lowest BCUT2D eigenvalue weighted by molar-refractivity contribution is 0.0593. The van der Waals surface area contributed by atoms with Crippen molar-refractivity contribution in [1.29, 1.82) is 5.26 Å². The maximum atomic E-state index is 14.2. The third-order valence-electron chi connectivity index (χ3n) is 4.25. The molecule has 0 spiro atoms. The van der Waals surface area contributed by atoms with Crippen molar-refractivity contribution in [3.8, 4) is 6.07 Å². The number of hydrogen-bond donors (Lipinski definition) is 1. The molecule has 8 heteroatoms. The number of aromatic nitrogens is 2. The number of carbonyl (C=O) groups is 1. The first-order chi connectivity index (χ1) is 12.6. The Morgan fingerprint density at radius 1 is 1.38 bits per heavy atom. The van der Waals surface area contributed by atoms with Gasteiger partial charge in [-0.3, -0.25) is 0 Å². The zero-order chi connectivity index (χ0) is 18.5. The van der Waals surface area contributed by atoms with Gasteiger partial charge in [-0.1, -0.05) is 0 Å². The van der Waals surface area contributed by atoms with E-state index in [1.165, 1.54) is 13.2 Å². The summed E-state index contributed by atoms with van der Waals surface area (Å²) in [6.45, 7) is 1.34. The molecule has 2 heterocycles. The molecular weight excluding hydrogens is 337 g/mol. The molecule has 1 aromatic carbocycles. The molecule has 26 heavy (non-hydrogen) atoms. The number of esters is 1. The number of halogens is 1. The summed E-state index contributed by atoms with van der Waals surface area (Å²) < 4.78 is 18.8. The van der Waals surface area contributed by atoms with Crippen molar-refractivity contribution in [2.24, 2.45) is 0 Å². The summed E-state index contributed by atoms with van der Waals surface area (Å²) in [5, 5.41) is 19.9. The summed E-state index contributed by atoms with van der Waals surface area (Å²) in [5.41, 5.74) is 0.935. The lowest BCUT2D eigenvalue weighted by Crippen LogP contribution is -2.42. The van der Waals surface area contributed by atoms with Crippen LogP contribution in [0.25, 0.3) is 0 Å². The van der Waals surface area contributed by atoms with Crippen LogP contribution < -0.4 is 10.2 Å². The van der Waals surface area contributed by atoms with Crippen molar-refractivity contribution in [2.75, 3.05) is 30.4 Å². The van der Waals surface area contributed by atoms with Crippen LogP contribution in [0.5, 0.6) is 0 Å². The maximum absolute atomic E-state index is 14.2. The smallest absolute Gasteiger partial charge is 0.358 e. The van der Waals surface area contributed by atoms with Gasteiger partial charge in [0.1, 0.15) is 11.6 Å². The summed E-state index contributed by atoms with van der Waals surface area (Å²) >= 11 is 0. The Hall–Kier alpha value is -3.21. The summed E-state index contributed by atoms with van der Waals surface area (Å²) in [4.78, 5) is 13.3. The van der Waals surface area contributed by atoms with Crippen LogP contribution in [-0.4, -0.2) is 42.4 Å². The predicted molar refractivity (Wildman–Crippen MR) is 93.3 cm³/mol. The van der Waals surface area contributed by atoms with Crippen molar-refractivity contribution < 1.29 is 13.9 Å². The van der Waals surface area contributed by atoms with Gasteiger partial charge >= 0.3 is 5.97 Å². The van der Waals surface area contributed by atoms with Crippen LogP contribution in [0, 0.1) is 17.1 Å². The van der Waals surface area contributed by atoms with E-state index in [1.54, 1.807) is 24.3 Å². The first kappa shape index (κ1) is 17.6. The van der Waals surface area contributed by atoms with Crippen LogP contribution in [0.15, 0.2) is 30.3 Å². The van der Waals surface area contributed by atoms with Gasteiger partial charge in [0.15, 0.2) is 5.69 Å². The number of piperidine rings is 1. The zero-order valence-electron chi connectivity index (χ0n) is 14.3. The number of anilines is 2. The van der Waals surface area contributed by atoms with Crippen LogP contribution in [0.1, 0.15) is 28.9 Å². The highest BCUT2D eigenvalue weighted by Crippen LogP contribution is 2.25. The minimum Gasteiger partial charge on any atom is -0.464 e. The average Bonchev–Trinajstić information content (AvgIpc) is 2.68. The first-order valence-corrected chi connectivity index (χ1v) is 8.24. The summed E-state index contributed by atoms with van der Waals surface area (Å²) in [5.74, 6) is -0.388. The molecule has 7 nitrogen and oxygen atoms in total. The van der Waals surface area contributed by atoms with Gasteiger partial charge in [-0.15, -0.1) is 10.2 Å². The highest BCUT2D eigenvalue weighted by atomic mass is 19.1. The number of nitriles is 1. The van der Waals surface area contributed by atoms with Crippen molar-refractivity contribution in [1.82, 2.24) is 10.2 Å². The molecular formula is C18H18FN5O2. The Kier molecular flexibility index (Phi) is 5.27. The topological polar surface area (TPSA) is 91.1 Å². The highest BCUT2D eigenvalue weighted by Gasteiger charge is 2.22. The minimum atomic E-state index is -0.538. The Bertz CT molecular complexity index is 834. The van der Waals surface area contributed by atoms with Gasteiger partial charge in [-0.05, 0) is 43.2 Å². The van der Waals surface area contributed by atoms with Gasteiger partial charge < -0.3 is 15.0 Å². The van der Waals surface area contributed by atoms with E-state index in [4.69, 9.17) is 5.26 Å². The van der Waals surface area contributed by atoms with E-state index < -0.39 is 11.8 Å². The number of rotatable bonds is 4. The number of ether oxygens (including phenoxy) is 1. The van der Waals surface area contributed by atoms with E-state index in [0.717, 1.165) is 19.4 Å². The average molecular weight is 355 g/mol. The molecule has 1 aliphatic rings. The van der Waals surface area contributed by atoms with Crippen molar-refractivity contribution >= 4 is 17.5 Å². The van der Waals surface area contributed by atoms with E-state index in [1.807, 2.05) is 11.0 Å². The molecule has 1 unspecified atom stereocenters. The van der Waals surface area contributed by atoms with E-state index in [2.05, 4.69) is 20.3 Å². The van der Waals surface area contributed by atoms with Gasteiger partial charge in [0, 0.05) is 19.1 Å². The lowest BCUT2D eigenvalue weighted by Gasteiger charge is -2.35. The maximum Gasteiger partial charge on any atom is 0.358 e. The van der Waals surface area contributed by atoms with Crippen LogP contribution in [0.4, 0.5) is 15.9 Å². The van der Waals surface area contributed by atoms with E-state index in [0.29, 0.717) is 23.6 Å². The van der Waals surface area contributed by atoms with E-state index in [9.17, 15) is 9.18 Å². The number of nitrogens with one attached hydrogen (secondary N) is 1. The molecule has 1 N–H and O–H groups in total. The monoisotopic (exact) mass is 355 g/mol. The van der Waals surface area contributed by atoms with Crippen molar-refractivity contribution in [3.05, 3.63) is 47.4 Å². The Morgan fingerprint density at radius 2 is 2.23 bits per heavy atom. The third-order valence-corrected chi connectivity index (χ3v) is 4.25. The standard InChI is InChI=1S/C18H18FN5O2/c1-26-18(25)15-5-7-17(23-22-15)21-13-3-2-8-24(11-13)16-6-4-12(10-20)9-14(16)19/h4-7,9,13H,2-3,8,11H2,1H3,(H,21,23). The molecule has 0 saturated carbocycles. The number of nitrogens with zero attached hydrogens (tertiary/aromatic N) is 4. The molecule has 0 amide bonds. The van der Waals surface area contributed by atoms with Crippen LogP contribution in [-0.2, 0) is 4.74 Å². The number of methoxy groups -OCH3 is 1. The van der Waals surface area contributed by atoms with Crippen molar-refractivity contribution in [2.45, 2.75) is 18.9 Å². The van der Waals surface area contributed by atoms with Crippen LogP contribution >= 0.6 is 0 Å². The molecule has 1 atom stereocenters. The molecule has 3 rings (SSSR count). The molecule has 1 saturated heterocycles. The van der Waals surface area contributed by atoms with E-state index in [-0.39, 0.29) is 11.7 Å². The molecule has 1 aliphatic heterocycles. The fourth-order valence-corrected chi connectivity index (χ4v) is 2.98. The third kappa shape index (κ3) is 3.88. The molecule has 134 valence electrons. The van der Waals surface area contributed by atoms with Crippen LogP contribution in [0.3, 0.4) is 0 Å². The fraction of sp³-hybridized carbons (Fsp3) is 0.333. The SMILES string of the molecule is COC(=O)c1ccc(NC2CCCN(c3ccc(C#N)cc3F)C2)nn1. The Morgan fingerprint density at radius 3 is 2.88 bits per heavy atom. The summed E-state index contributed by atoms with van der Waals surface area (Å²) in [7, 11) is 1.29. The summed E-state index contributed by atoms with van der Waals surface area (Å²) in [6.07, 6.45) is 1.81. The fourth-order valence-electron chi connectivity index (χ4n) is 2.98. The lowest BCUT2D eigenvalue weighted by atomic mass is 10.0. The second kappa shape index (κ2) is 7.78. The highest BCUT2D eigenvalue weighted by molar-refractivity contribution is 5.86. The Labute approximate surface area is 150 Å². The molecule has 2 aromatic rings. The largest absolute Gasteiger partial charge is 0.464 e. The van der Waals surface area contributed by atoms with Gasteiger partial charge in [0.05, 0.1) is 24.4 Å².